The van der Waals surface area contributed by atoms with E-state index in [4.69, 9.17) is 36.9 Å². The fraction of sp³-hybridized carbons (Fsp3) is 0.353. The zero-order valence-electron chi connectivity index (χ0n) is 40.3. The van der Waals surface area contributed by atoms with Gasteiger partial charge in [-0.1, -0.05) is 60.0 Å². The second kappa shape index (κ2) is 22.1. The lowest BCUT2D eigenvalue weighted by atomic mass is 9.86. The number of aromatic nitrogens is 3. The number of fused-ring (bicyclic) bond motifs is 2. The fourth-order valence-corrected chi connectivity index (χ4v) is 11.1. The molecule has 4 N–H and O–H groups in total. The summed E-state index contributed by atoms with van der Waals surface area (Å²) in [4.78, 5) is 33.2. The second-order valence-corrected chi connectivity index (χ2v) is 21.1. The number of amides is 1. The van der Waals surface area contributed by atoms with Gasteiger partial charge in [-0.15, -0.1) is 16.4 Å². The average Bonchev–Trinajstić information content (AvgIpc) is 3.81. The highest BCUT2D eigenvalue weighted by atomic mass is 35.5. The summed E-state index contributed by atoms with van der Waals surface area (Å²) in [6, 6.07) is 22.1. The number of anilines is 1. The van der Waals surface area contributed by atoms with Crippen molar-refractivity contribution in [2.24, 2.45) is 12.0 Å². The van der Waals surface area contributed by atoms with E-state index >= 15 is 0 Å². The zero-order valence-corrected chi connectivity index (χ0v) is 42.7. The van der Waals surface area contributed by atoms with E-state index in [0.717, 1.165) is 63.4 Å². The van der Waals surface area contributed by atoms with Gasteiger partial charge in [-0.05, 0) is 117 Å². The molecule has 2 aromatic heterocycles. The molecule has 0 fully saturated rings. The van der Waals surface area contributed by atoms with Crippen molar-refractivity contribution in [3.05, 3.63) is 128 Å². The molecule has 1 aliphatic rings. The number of carbonyl (C=O) groups excluding carboxylic acids is 1. The predicted molar refractivity (Wildman–Crippen MR) is 275 cm³/mol. The molecule has 3 heterocycles. The number of nitrogens with zero attached hydrogens (tertiary/aromatic N) is 6. The van der Waals surface area contributed by atoms with E-state index in [2.05, 4.69) is 15.6 Å². The van der Waals surface area contributed by atoms with Crippen LogP contribution in [-0.2, 0) is 33.2 Å². The van der Waals surface area contributed by atoms with Crippen LogP contribution < -0.4 is 19.7 Å². The number of carbonyl (C=O) groups is 2. The molecule has 2 atom stereocenters. The van der Waals surface area contributed by atoms with Gasteiger partial charge in [-0.2, -0.15) is 4.31 Å². The summed E-state index contributed by atoms with van der Waals surface area (Å²) in [5.41, 5.74) is 7.62. The van der Waals surface area contributed by atoms with Crippen LogP contribution in [0, 0.1) is 31.6 Å². The standard InChI is InChI=1S/C51H58ClN9O7S2/c1-30-12-13-35(41(27-46(63)64)36-25-42-49(44(26-36)67-7)60(6)58-57-42)24-37(30)29-59(5)70(65,66)40-20-18-39(19-21-40)68-23-11-9-8-10-22-55-45(62)28-43-50(54)61(33(4)53)51-47(31(2)32(3)69-51)48(56-43)34-14-16-38(52)17-15-34/h12-21,24-26,41,43,53-54H,8-11,22-23,27-29H2,1-7H3,(H,55,62)(H,63,64)/t41?,43-/m0/s1. The first kappa shape index (κ1) is 51.4. The Morgan fingerprint density at radius 1 is 0.986 bits per heavy atom. The minimum atomic E-state index is -3.91. The van der Waals surface area contributed by atoms with Crippen LogP contribution in [0.3, 0.4) is 0 Å². The highest BCUT2D eigenvalue weighted by molar-refractivity contribution is 7.89. The molecule has 1 aliphatic heterocycles. The van der Waals surface area contributed by atoms with Crippen LogP contribution in [0.5, 0.6) is 11.5 Å². The average molecular weight is 1010 g/mol. The number of methoxy groups -OCH3 is 1. The second-order valence-electron chi connectivity index (χ2n) is 17.5. The van der Waals surface area contributed by atoms with Crippen LogP contribution >= 0.6 is 22.9 Å². The number of hydrogen-bond acceptors (Lipinski definition) is 12. The molecule has 0 aliphatic carbocycles. The number of halogens is 1. The van der Waals surface area contributed by atoms with E-state index in [0.29, 0.717) is 57.5 Å². The Morgan fingerprint density at radius 3 is 2.39 bits per heavy atom. The van der Waals surface area contributed by atoms with Gasteiger partial charge in [0.25, 0.3) is 0 Å². The number of carboxylic acid groups (broad SMARTS) is 1. The minimum Gasteiger partial charge on any atom is -0.494 e. The van der Waals surface area contributed by atoms with E-state index in [1.807, 2.05) is 57.2 Å². The Labute approximate surface area is 417 Å². The molecule has 70 heavy (non-hydrogen) atoms. The van der Waals surface area contributed by atoms with Crippen LogP contribution in [-0.4, -0.2) is 95.4 Å². The Morgan fingerprint density at radius 2 is 1.70 bits per heavy atom. The maximum Gasteiger partial charge on any atom is 0.304 e. The van der Waals surface area contributed by atoms with Crippen LogP contribution in [0.25, 0.3) is 11.0 Å². The van der Waals surface area contributed by atoms with Crippen molar-refractivity contribution in [1.82, 2.24) is 24.6 Å². The van der Waals surface area contributed by atoms with E-state index in [-0.39, 0.29) is 41.9 Å². The van der Waals surface area contributed by atoms with Crippen molar-refractivity contribution in [3.8, 4) is 11.5 Å². The lowest BCUT2D eigenvalue weighted by Crippen LogP contribution is -2.42. The fourth-order valence-electron chi connectivity index (χ4n) is 8.56. The summed E-state index contributed by atoms with van der Waals surface area (Å²) < 4.78 is 42.0. The van der Waals surface area contributed by atoms with Crippen LogP contribution in [0.2, 0.25) is 5.02 Å². The SMILES string of the molecule is COc1cc(C(CC(=O)O)c2ccc(C)c(CN(C)S(=O)(=O)c3ccc(OCCCCCCNC(=O)C[C@@H]4N=C(c5ccc(Cl)cc5)c5c(sc(C)c5C)N(C(C)=N)C4=N)cc3)c2)cc2nnn(C)c12. The monoisotopic (exact) mass is 1010 g/mol. The van der Waals surface area contributed by atoms with Crippen molar-refractivity contribution >= 4 is 78.3 Å². The van der Waals surface area contributed by atoms with Gasteiger partial charge >= 0.3 is 5.97 Å². The zero-order chi connectivity index (χ0) is 50.4. The van der Waals surface area contributed by atoms with E-state index in [1.54, 1.807) is 53.9 Å². The Balaban J connectivity index is 0.887. The molecular weight excluding hydrogens is 950 g/mol. The van der Waals surface area contributed by atoms with Gasteiger partial charge in [0, 0.05) is 54.1 Å². The number of sulfonamides is 1. The number of carboxylic acids is 1. The summed E-state index contributed by atoms with van der Waals surface area (Å²) in [6.45, 7) is 8.51. The normalized spacial score (nSPS) is 14.3. The molecule has 16 nitrogen and oxygen atoms in total. The van der Waals surface area contributed by atoms with Gasteiger partial charge in [0.05, 0.1) is 37.2 Å². The summed E-state index contributed by atoms with van der Waals surface area (Å²) >= 11 is 7.72. The number of amidine groups is 2. The molecule has 6 aromatic rings. The van der Waals surface area contributed by atoms with Crippen molar-refractivity contribution in [1.29, 1.82) is 10.8 Å². The number of benzene rings is 4. The lowest BCUT2D eigenvalue weighted by molar-refractivity contribution is -0.137. The number of nitrogens with one attached hydrogen (secondary N) is 3. The molecule has 0 spiro atoms. The van der Waals surface area contributed by atoms with Gasteiger partial charge < -0.3 is 19.9 Å². The summed E-state index contributed by atoms with van der Waals surface area (Å²) in [7, 11) is 0.902. The van der Waals surface area contributed by atoms with Crippen molar-refractivity contribution in [2.45, 2.75) is 89.6 Å². The molecule has 0 saturated carbocycles. The molecule has 19 heteroatoms. The quantitative estimate of drug-likeness (QED) is 0.0323. The Kier molecular flexibility index (Phi) is 16.2. The number of hydrogen-bond donors (Lipinski definition) is 4. The summed E-state index contributed by atoms with van der Waals surface area (Å²) in [6.07, 6.45) is 2.96. The molecule has 368 valence electrons. The molecule has 4 aromatic carbocycles. The number of aryl methyl sites for hydroxylation is 3. The molecule has 0 radical (unpaired) electrons. The number of ether oxygens (including phenoxy) is 2. The summed E-state index contributed by atoms with van der Waals surface area (Å²) in [5, 5.41) is 40.3. The Hall–Kier alpha value is -6.47. The van der Waals surface area contributed by atoms with E-state index in [9.17, 15) is 23.1 Å². The number of unbranched alkanes of at least 4 members (excludes halogenated alkanes) is 3. The molecule has 1 unspecified atom stereocenters. The number of aliphatic carboxylic acids is 1. The van der Waals surface area contributed by atoms with E-state index in [1.165, 1.54) is 41.9 Å². The lowest BCUT2D eigenvalue weighted by Gasteiger charge is -2.24. The largest absolute Gasteiger partial charge is 0.494 e. The topological polar surface area (TPSA) is 216 Å². The first-order valence-corrected chi connectivity index (χ1v) is 25.5. The van der Waals surface area contributed by atoms with Gasteiger partial charge in [0.1, 0.15) is 45.2 Å². The van der Waals surface area contributed by atoms with Gasteiger partial charge in [-0.25, -0.2) is 13.1 Å². The highest BCUT2D eigenvalue weighted by Crippen LogP contribution is 2.41. The third kappa shape index (κ3) is 11.4. The molecule has 0 saturated heterocycles. The van der Waals surface area contributed by atoms with Gasteiger partial charge in [-0.3, -0.25) is 30.3 Å². The molecule has 0 bridgehead atoms. The highest BCUT2D eigenvalue weighted by Gasteiger charge is 2.35. The summed E-state index contributed by atoms with van der Waals surface area (Å²) in [5.74, 6) is -0.464. The first-order chi connectivity index (χ1) is 33.4. The third-order valence-electron chi connectivity index (χ3n) is 12.5. The van der Waals surface area contributed by atoms with Crippen molar-refractivity contribution in [2.75, 3.05) is 32.2 Å². The number of aliphatic imine (C=N–C) groups is 1. The maximum absolute atomic E-state index is 13.8. The smallest absolute Gasteiger partial charge is 0.304 e. The molecule has 1 amide bonds. The van der Waals surface area contributed by atoms with Gasteiger partial charge in [0.2, 0.25) is 15.9 Å². The molecular formula is C51H58ClN9O7S2. The number of rotatable bonds is 20. The number of thiophene rings is 1. The first-order valence-electron chi connectivity index (χ1n) is 22.9. The maximum atomic E-state index is 13.8. The predicted octanol–water partition coefficient (Wildman–Crippen LogP) is 9.19. The van der Waals surface area contributed by atoms with Crippen molar-refractivity contribution < 1.29 is 32.6 Å². The third-order valence-corrected chi connectivity index (χ3v) is 15.8. The molecule has 7 rings (SSSR count). The van der Waals surface area contributed by atoms with Crippen LogP contribution in [0.4, 0.5) is 5.00 Å². The van der Waals surface area contributed by atoms with E-state index < -0.39 is 28.0 Å². The minimum absolute atomic E-state index is 0.0399. The van der Waals surface area contributed by atoms with Crippen molar-refractivity contribution in [3.63, 3.8) is 0 Å². The van der Waals surface area contributed by atoms with Crippen LogP contribution in [0.15, 0.2) is 88.8 Å². The van der Waals surface area contributed by atoms with Crippen LogP contribution in [0.1, 0.15) is 95.2 Å². The Bertz CT molecular complexity index is 3080. The van der Waals surface area contributed by atoms with Gasteiger partial charge in [0.15, 0.2) is 0 Å².